The number of hydrogen-bond donors (Lipinski definition) is 0. The van der Waals surface area contributed by atoms with E-state index in [-0.39, 0.29) is 17.1 Å². The van der Waals surface area contributed by atoms with Gasteiger partial charge >= 0.3 is 11.7 Å². The number of ether oxygens (including phenoxy) is 2. The molecule has 0 aliphatic carbocycles. The van der Waals surface area contributed by atoms with Crippen LogP contribution in [0.25, 0.3) is 12.2 Å². The fourth-order valence-electron chi connectivity index (χ4n) is 2.02. The number of carbonyl (C=O) groups is 1. The van der Waals surface area contributed by atoms with Crippen LogP contribution in [0.5, 0.6) is 11.5 Å². The van der Waals surface area contributed by atoms with Crippen LogP contribution in [0.15, 0.2) is 22.7 Å². The highest BCUT2D eigenvalue weighted by molar-refractivity contribution is 5.74. The molecule has 0 atom stereocenters. The van der Waals surface area contributed by atoms with Gasteiger partial charge in [-0.05, 0) is 37.6 Å². The highest BCUT2D eigenvalue weighted by Gasteiger charge is 2.21. The Morgan fingerprint density at radius 1 is 1.38 bits per heavy atom. The molecule has 2 aromatic rings. The Hall–Kier alpha value is -3.16. The van der Waals surface area contributed by atoms with Gasteiger partial charge in [0.2, 0.25) is 5.76 Å². The molecule has 0 aliphatic heterocycles. The van der Waals surface area contributed by atoms with E-state index >= 15 is 0 Å². The van der Waals surface area contributed by atoms with Crippen LogP contribution in [0.3, 0.4) is 0 Å². The number of aromatic nitrogens is 1. The Bertz CT molecular complexity index is 794. The number of benzene rings is 1. The van der Waals surface area contributed by atoms with Gasteiger partial charge in [-0.3, -0.25) is 14.9 Å². The van der Waals surface area contributed by atoms with Gasteiger partial charge in [-0.25, -0.2) is 0 Å². The van der Waals surface area contributed by atoms with Crippen LogP contribution in [0.2, 0.25) is 0 Å². The standard InChI is InChI=1S/C16H16N2O6/c1-4-22-15-9-12(5-7-13(15)23-11(3)19)6-8-14-16(18(20)21)10(2)17-24-14/h5-9H,4H2,1-3H3/b8-6-. The second-order valence-corrected chi connectivity index (χ2v) is 4.80. The van der Waals surface area contributed by atoms with Crippen LogP contribution in [-0.4, -0.2) is 22.7 Å². The monoisotopic (exact) mass is 332 g/mol. The smallest absolute Gasteiger partial charge is 0.338 e. The normalized spacial score (nSPS) is 10.8. The molecule has 0 bridgehead atoms. The largest absolute Gasteiger partial charge is 0.490 e. The zero-order valence-corrected chi connectivity index (χ0v) is 13.4. The second-order valence-electron chi connectivity index (χ2n) is 4.80. The topological polar surface area (TPSA) is 105 Å². The van der Waals surface area contributed by atoms with Crippen molar-refractivity contribution >= 4 is 23.8 Å². The highest BCUT2D eigenvalue weighted by atomic mass is 16.6. The van der Waals surface area contributed by atoms with E-state index in [0.717, 1.165) is 0 Å². The Morgan fingerprint density at radius 2 is 2.12 bits per heavy atom. The number of nitro groups is 1. The third-order valence-corrected chi connectivity index (χ3v) is 2.99. The van der Waals surface area contributed by atoms with Crippen LogP contribution >= 0.6 is 0 Å². The second kappa shape index (κ2) is 7.40. The molecule has 0 unspecified atom stereocenters. The van der Waals surface area contributed by atoms with Crippen molar-refractivity contribution in [2.75, 3.05) is 6.61 Å². The lowest BCUT2D eigenvalue weighted by molar-refractivity contribution is -0.386. The van der Waals surface area contributed by atoms with Crippen molar-refractivity contribution in [3.8, 4) is 11.5 Å². The molecule has 1 aromatic heterocycles. The third kappa shape index (κ3) is 3.97. The van der Waals surface area contributed by atoms with Crippen molar-refractivity contribution < 1.29 is 23.7 Å². The van der Waals surface area contributed by atoms with E-state index in [2.05, 4.69) is 5.16 Å². The summed E-state index contributed by atoms with van der Waals surface area (Å²) in [6.45, 7) is 5.00. The molecular weight excluding hydrogens is 316 g/mol. The summed E-state index contributed by atoms with van der Waals surface area (Å²) in [5.41, 5.74) is 0.727. The van der Waals surface area contributed by atoms with E-state index in [9.17, 15) is 14.9 Å². The maximum absolute atomic E-state index is 11.1. The van der Waals surface area contributed by atoms with Gasteiger partial charge in [-0.15, -0.1) is 0 Å². The minimum atomic E-state index is -0.541. The summed E-state index contributed by atoms with van der Waals surface area (Å²) in [6.07, 6.45) is 3.07. The molecule has 0 N–H and O–H groups in total. The zero-order chi connectivity index (χ0) is 17.7. The summed E-state index contributed by atoms with van der Waals surface area (Å²) in [4.78, 5) is 21.6. The van der Waals surface area contributed by atoms with Gasteiger partial charge < -0.3 is 14.0 Å². The summed E-state index contributed by atoms with van der Waals surface area (Å²) in [5, 5.41) is 14.6. The molecule has 0 aliphatic rings. The van der Waals surface area contributed by atoms with E-state index in [1.54, 1.807) is 31.2 Å². The van der Waals surface area contributed by atoms with Crippen LogP contribution in [0, 0.1) is 17.0 Å². The molecule has 0 spiro atoms. The number of nitrogens with zero attached hydrogens (tertiary/aromatic N) is 2. The molecule has 8 heteroatoms. The van der Waals surface area contributed by atoms with Crippen LogP contribution in [0.1, 0.15) is 30.9 Å². The minimum absolute atomic E-state index is 0.0551. The van der Waals surface area contributed by atoms with Gasteiger partial charge in [-0.1, -0.05) is 17.3 Å². The molecule has 0 fully saturated rings. The van der Waals surface area contributed by atoms with Crippen molar-refractivity contribution in [1.82, 2.24) is 5.16 Å². The molecule has 2 rings (SSSR count). The maximum Gasteiger partial charge on any atom is 0.338 e. The predicted octanol–water partition coefficient (Wildman–Crippen LogP) is 3.39. The number of esters is 1. The Labute approximate surface area is 137 Å². The molecule has 0 amide bonds. The van der Waals surface area contributed by atoms with Crippen molar-refractivity contribution in [3.05, 3.63) is 45.3 Å². The van der Waals surface area contributed by atoms with Crippen molar-refractivity contribution in [2.24, 2.45) is 0 Å². The van der Waals surface area contributed by atoms with Crippen LogP contribution in [-0.2, 0) is 4.79 Å². The van der Waals surface area contributed by atoms with E-state index in [4.69, 9.17) is 14.0 Å². The Balaban J connectivity index is 2.31. The quantitative estimate of drug-likeness (QED) is 0.345. The molecule has 0 saturated heterocycles. The molecule has 1 heterocycles. The first-order valence-corrected chi connectivity index (χ1v) is 7.16. The predicted molar refractivity (Wildman–Crippen MR) is 85.7 cm³/mol. The maximum atomic E-state index is 11.1. The van der Waals surface area contributed by atoms with Crippen LogP contribution in [0.4, 0.5) is 5.69 Å². The third-order valence-electron chi connectivity index (χ3n) is 2.99. The van der Waals surface area contributed by atoms with Gasteiger partial charge in [0, 0.05) is 6.92 Å². The average molecular weight is 332 g/mol. The average Bonchev–Trinajstić information content (AvgIpc) is 2.88. The van der Waals surface area contributed by atoms with Crippen molar-refractivity contribution in [3.63, 3.8) is 0 Å². The zero-order valence-electron chi connectivity index (χ0n) is 13.4. The fourth-order valence-corrected chi connectivity index (χ4v) is 2.02. The van der Waals surface area contributed by atoms with E-state index in [1.807, 2.05) is 0 Å². The number of aryl methyl sites for hydroxylation is 1. The van der Waals surface area contributed by atoms with Crippen LogP contribution < -0.4 is 9.47 Å². The molecular formula is C16H16N2O6. The van der Waals surface area contributed by atoms with E-state index in [1.165, 1.54) is 19.9 Å². The molecule has 1 aromatic carbocycles. The molecule has 126 valence electrons. The summed E-state index contributed by atoms with van der Waals surface area (Å²) in [5.74, 6) is 0.313. The van der Waals surface area contributed by atoms with Gasteiger partial charge in [0.25, 0.3) is 0 Å². The van der Waals surface area contributed by atoms with Gasteiger partial charge in [0.1, 0.15) is 0 Å². The van der Waals surface area contributed by atoms with Gasteiger partial charge in [0.15, 0.2) is 17.2 Å². The summed E-state index contributed by atoms with van der Waals surface area (Å²) >= 11 is 0. The molecule has 0 saturated carbocycles. The van der Waals surface area contributed by atoms with Gasteiger partial charge in [-0.2, -0.15) is 0 Å². The Morgan fingerprint density at radius 3 is 2.75 bits per heavy atom. The summed E-state index contributed by atoms with van der Waals surface area (Å²) in [6, 6.07) is 4.94. The first-order chi connectivity index (χ1) is 11.4. The summed E-state index contributed by atoms with van der Waals surface area (Å²) in [7, 11) is 0. The number of rotatable bonds is 6. The minimum Gasteiger partial charge on any atom is -0.490 e. The first-order valence-electron chi connectivity index (χ1n) is 7.16. The van der Waals surface area contributed by atoms with Crippen molar-refractivity contribution in [1.29, 1.82) is 0 Å². The Kier molecular flexibility index (Phi) is 5.31. The number of carbonyl (C=O) groups excluding carboxylic acids is 1. The lowest BCUT2D eigenvalue weighted by Gasteiger charge is -2.10. The van der Waals surface area contributed by atoms with Crippen molar-refractivity contribution in [2.45, 2.75) is 20.8 Å². The van der Waals surface area contributed by atoms with Gasteiger partial charge in [0.05, 0.1) is 11.5 Å². The first kappa shape index (κ1) is 17.2. The van der Waals surface area contributed by atoms with E-state index < -0.39 is 10.9 Å². The summed E-state index contributed by atoms with van der Waals surface area (Å²) < 4.78 is 15.5. The highest BCUT2D eigenvalue weighted by Crippen LogP contribution is 2.30. The number of hydrogen-bond acceptors (Lipinski definition) is 7. The molecule has 8 nitrogen and oxygen atoms in total. The SMILES string of the molecule is CCOc1cc(/C=C\c2onc(C)c2[N+](=O)[O-])ccc1OC(C)=O. The molecule has 24 heavy (non-hydrogen) atoms. The lowest BCUT2D eigenvalue weighted by Crippen LogP contribution is -2.04. The lowest BCUT2D eigenvalue weighted by atomic mass is 10.1. The fraction of sp³-hybridized carbons (Fsp3) is 0.250. The molecule has 0 radical (unpaired) electrons. The van der Waals surface area contributed by atoms with E-state index in [0.29, 0.717) is 23.7 Å².